The van der Waals surface area contributed by atoms with Gasteiger partial charge in [0.15, 0.2) is 11.3 Å². The minimum absolute atomic E-state index is 0.0712. The average Bonchev–Trinajstić information content (AvgIpc) is 3.02. The highest BCUT2D eigenvalue weighted by Crippen LogP contribution is 2.29. The fourth-order valence-corrected chi connectivity index (χ4v) is 2.58. The highest BCUT2D eigenvalue weighted by atomic mass is 35.5. The van der Waals surface area contributed by atoms with E-state index in [0.717, 1.165) is 12.1 Å². The average molecular weight is 373 g/mol. The predicted molar refractivity (Wildman–Crippen MR) is 94.4 cm³/mol. The van der Waals surface area contributed by atoms with Gasteiger partial charge in [0.1, 0.15) is 17.5 Å². The summed E-state index contributed by atoms with van der Waals surface area (Å²) in [6.07, 6.45) is 0. The zero-order chi connectivity index (χ0) is 18.3. The molecule has 8 heteroatoms. The number of halogens is 3. The summed E-state index contributed by atoms with van der Waals surface area (Å²) in [6, 6.07) is 10.2. The van der Waals surface area contributed by atoms with Crippen LogP contribution >= 0.6 is 11.6 Å². The van der Waals surface area contributed by atoms with E-state index in [-0.39, 0.29) is 17.2 Å². The molecule has 0 aliphatic heterocycles. The summed E-state index contributed by atoms with van der Waals surface area (Å²) in [5.74, 6) is -0.387. The molecule has 0 spiro atoms. The van der Waals surface area contributed by atoms with Gasteiger partial charge in [-0.25, -0.2) is 18.7 Å². The number of nitrogens with one attached hydrogen (secondary N) is 1. The number of anilines is 2. The fourth-order valence-electron chi connectivity index (χ4n) is 2.45. The number of hydrogen-bond donors (Lipinski definition) is 1. The molecule has 2 heterocycles. The van der Waals surface area contributed by atoms with Gasteiger partial charge in [0, 0.05) is 16.7 Å². The molecule has 0 aliphatic carbocycles. The minimum atomic E-state index is -0.740. The predicted octanol–water partition coefficient (Wildman–Crippen LogP) is 5.27. The normalized spacial score (nSPS) is 11.1. The van der Waals surface area contributed by atoms with Crippen LogP contribution in [-0.2, 0) is 0 Å². The number of oxazole rings is 1. The van der Waals surface area contributed by atoms with Gasteiger partial charge < -0.3 is 9.73 Å². The van der Waals surface area contributed by atoms with Crippen LogP contribution in [0.2, 0.25) is 5.02 Å². The van der Waals surface area contributed by atoms with Crippen molar-refractivity contribution in [2.24, 2.45) is 0 Å². The Balaban J connectivity index is 1.80. The van der Waals surface area contributed by atoms with E-state index in [1.54, 1.807) is 31.2 Å². The number of hydrogen-bond acceptors (Lipinski definition) is 5. The van der Waals surface area contributed by atoms with Gasteiger partial charge in [0.25, 0.3) is 5.71 Å². The van der Waals surface area contributed by atoms with Gasteiger partial charge in [0.05, 0.1) is 5.69 Å². The Bertz CT molecular complexity index is 1110. The second kappa shape index (κ2) is 6.34. The van der Waals surface area contributed by atoms with Crippen molar-refractivity contribution < 1.29 is 13.2 Å². The standard InChI is InChI=1S/C18H11ClF2N4O/c1-9-22-16(24-14-7-6-12(20)8-13(14)21)15-18(23-9)26-17(25-15)10-2-4-11(19)5-3-10/h2-8H,1H3,(H,22,23,24). The zero-order valence-corrected chi connectivity index (χ0v) is 14.2. The first kappa shape index (κ1) is 16.4. The number of aryl methyl sites for hydroxylation is 1. The van der Waals surface area contributed by atoms with Crippen LogP contribution in [-0.4, -0.2) is 15.0 Å². The van der Waals surface area contributed by atoms with Gasteiger partial charge in [-0.1, -0.05) is 11.6 Å². The van der Waals surface area contributed by atoms with Crippen molar-refractivity contribution in [2.45, 2.75) is 6.92 Å². The lowest BCUT2D eigenvalue weighted by Gasteiger charge is -2.07. The van der Waals surface area contributed by atoms with E-state index >= 15 is 0 Å². The molecular formula is C18H11ClF2N4O. The molecule has 26 heavy (non-hydrogen) atoms. The van der Waals surface area contributed by atoms with Gasteiger partial charge >= 0.3 is 0 Å². The maximum Gasteiger partial charge on any atom is 0.252 e. The first-order chi connectivity index (χ1) is 12.5. The molecule has 0 saturated heterocycles. The van der Waals surface area contributed by atoms with E-state index in [1.807, 2.05) is 0 Å². The van der Waals surface area contributed by atoms with Crippen molar-refractivity contribution in [1.29, 1.82) is 0 Å². The monoisotopic (exact) mass is 372 g/mol. The third-order valence-electron chi connectivity index (χ3n) is 3.65. The Labute approximate surface area is 151 Å². The molecule has 0 amide bonds. The van der Waals surface area contributed by atoms with E-state index in [0.29, 0.717) is 27.8 Å². The molecule has 5 nitrogen and oxygen atoms in total. The first-order valence-corrected chi connectivity index (χ1v) is 8.00. The minimum Gasteiger partial charge on any atom is -0.417 e. The lowest BCUT2D eigenvalue weighted by molar-refractivity contribution is 0.586. The quantitative estimate of drug-likeness (QED) is 0.531. The molecular weight excluding hydrogens is 362 g/mol. The lowest BCUT2D eigenvalue weighted by Crippen LogP contribution is -2.00. The van der Waals surface area contributed by atoms with Crippen molar-refractivity contribution in [3.63, 3.8) is 0 Å². The van der Waals surface area contributed by atoms with Gasteiger partial charge in [-0.05, 0) is 43.3 Å². The molecule has 0 fully saturated rings. The number of fused-ring (bicyclic) bond motifs is 1. The summed E-state index contributed by atoms with van der Waals surface area (Å²) < 4.78 is 32.7. The van der Waals surface area contributed by atoms with Crippen LogP contribution < -0.4 is 5.32 Å². The SMILES string of the molecule is Cc1nc(Nc2ccc(F)cc2F)c2nc(-c3ccc(Cl)cc3)oc2n1. The third-order valence-corrected chi connectivity index (χ3v) is 3.90. The number of benzene rings is 2. The molecule has 130 valence electrons. The molecule has 2 aromatic heterocycles. The Kier molecular flexibility index (Phi) is 4.00. The van der Waals surface area contributed by atoms with Crippen LogP contribution in [0.4, 0.5) is 20.3 Å². The molecule has 0 radical (unpaired) electrons. The zero-order valence-electron chi connectivity index (χ0n) is 13.4. The molecule has 1 N–H and O–H groups in total. The number of rotatable bonds is 3. The van der Waals surface area contributed by atoms with E-state index < -0.39 is 11.6 Å². The van der Waals surface area contributed by atoms with Crippen molar-refractivity contribution in [1.82, 2.24) is 15.0 Å². The van der Waals surface area contributed by atoms with Gasteiger partial charge in [-0.3, -0.25) is 0 Å². The maximum atomic E-state index is 13.9. The highest BCUT2D eigenvalue weighted by molar-refractivity contribution is 6.30. The maximum absolute atomic E-state index is 13.9. The summed E-state index contributed by atoms with van der Waals surface area (Å²) in [6.45, 7) is 1.68. The van der Waals surface area contributed by atoms with Crippen LogP contribution in [0.25, 0.3) is 22.7 Å². The lowest BCUT2D eigenvalue weighted by atomic mass is 10.2. The van der Waals surface area contributed by atoms with Gasteiger partial charge in [-0.15, -0.1) is 0 Å². The number of nitrogens with zero attached hydrogens (tertiary/aromatic N) is 3. The summed E-state index contributed by atoms with van der Waals surface area (Å²) >= 11 is 5.89. The first-order valence-electron chi connectivity index (χ1n) is 7.63. The highest BCUT2D eigenvalue weighted by Gasteiger charge is 2.16. The van der Waals surface area contributed by atoms with E-state index in [9.17, 15) is 8.78 Å². The molecule has 0 aliphatic rings. The number of aromatic nitrogens is 3. The van der Waals surface area contributed by atoms with Crippen LogP contribution in [0.5, 0.6) is 0 Å². The molecule has 0 atom stereocenters. The molecule has 0 saturated carbocycles. The second-order valence-corrected chi connectivity index (χ2v) is 5.98. The Morgan fingerprint density at radius 3 is 2.50 bits per heavy atom. The molecule has 0 bridgehead atoms. The van der Waals surface area contributed by atoms with Gasteiger partial charge in [0.2, 0.25) is 5.89 Å². The van der Waals surface area contributed by atoms with Crippen LogP contribution in [0.1, 0.15) is 5.82 Å². The van der Waals surface area contributed by atoms with Crippen molar-refractivity contribution >= 4 is 34.3 Å². The summed E-state index contributed by atoms with van der Waals surface area (Å²) in [5, 5.41) is 3.41. The summed E-state index contributed by atoms with van der Waals surface area (Å²) in [5.41, 5.74) is 1.38. The Hall–Kier alpha value is -3.06. The molecule has 0 unspecified atom stereocenters. The fraction of sp³-hybridized carbons (Fsp3) is 0.0556. The molecule has 4 rings (SSSR count). The van der Waals surface area contributed by atoms with Crippen molar-refractivity contribution in [3.8, 4) is 11.5 Å². The summed E-state index contributed by atoms with van der Waals surface area (Å²) in [4.78, 5) is 12.9. The topological polar surface area (TPSA) is 63.8 Å². The second-order valence-electron chi connectivity index (χ2n) is 5.55. The molecule has 4 aromatic rings. The Morgan fingerprint density at radius 2 is 1.77 bits per heavy atom. The van der Waals surface area contributed by atoms with Crippen molar-refractivity contribution in [2.75, 3.05) is 5.32 Å². The van der Waals surface area contributed by atoms with E-state index in [1.165, 1.54) is 6.07 Å². The van der Waals surface area contributed by atoms with Crippen LogP contribution in [0, 0.1) is 18.6 Å². The van der Waals surface area contributed by atoms with E-state index in [4.69, 9.17) is 16.0 Å². The third kappa shape index (κ3) is 3.09. The Morgan fingerprint density at radius 1 is 1.00 bits per heavy atom. The molecule has 2 aromatic carbocycles. The van der Waals surface area contributed by atoms with Crippen LogP contribution in [0.3, 0.4) is 0 Å². The smallest absolute Gasteiger partial charge is 0.252 e. The van der Waals surface area contributed by atoms with Gasteiger partial charge in [-0.2, -0.15) is 4.98 Å². The largest absolute Gasteiger partial charge is 0.417 e. The van der Waals surface area contributed by atoms with Crippen molar-refractivity contribution in [3.05, 3.63) is 64.9 Å². The summed E-state index contributed by atoms with van der Waals surface area (Å²) in [7, 11) is 0. The van der Waals surface area contributed by atoms with E-state index in [2.05, 4.69) is 20.3 Å². The van der Waals surface area contributed by atoms with Crippen LogP contribution in [0.15, 0.2) is 46.9 Å².